The van der Waals surface area contributed by atoms with Gasteiger partial charge in [0.05, 0.1) is 27.8 Å². The van der Waals surface area contributed by atoms with E-state index in [1.54, 1.807) is 0 Å². The van der Waals surface area contributed by atoms with Gasteiger partial charge >= 0.3 is 0 Å². The Hall–Kier alpha value is -7.16. The van der Waals surface area contributed by atoms with Crippen molar-refractivity contribution in [3.63, 3.8) is 0 Å². The van der Waals surface area contributed by atoms with Crippen LogP contribution in [0.3, 0.4) is 0 Å². The molecule has 12 rings (SSSR count). The second-order valence-corrected chi connectivity index (χ2v) is 14.5. The Morgan fingerprint density at radius 2 is 0.778 bits per heavy atom. The third kappa shape index (κ3) is 4.11. The number of aromatic nitrogens is 2. The van der Waals surface area contributed by atoms with Gasteiger partial charge in [0.15, 0.2) is 0 Å². The fraction of sp³-hybridized carbons (Fsp3) is 0. The van der Waals surface area contributed by atoms with Crippen molar-refractivity contribution in [2.45, 2.75) is 0 Å². The number of rotatable bonds is 3. The standard InChI is InChI=1S/C52H32N2/c1-2-14-38(15-3-1)53-46-20-10-8-18-41(46)43-27-25-36(31-49(43)53)35-26-29-48-45(30-35)42-19-9-11-21-47(42)54(48)50-32-37-23-22-33-12-4-6-16-39(33)51(37)52-40-17-7-5-13-34(40)24-28-44(50)52/h1-32H. The van der Waals surface area contributed by atoms with Gasteiger partial charge in [-0.25, -0.2) is 0 Å². The molecule has 0 aliphatic heterocycles. The topological polar surface area (TPSA) is 9.86 Å². The Balaban J connectivity index is 1.13. The zero-order valence-electron chi connectivity index (χ0n) is 29.4. The summed E-state index contributed by atoms with van der Waals surface area (Å²) in [6, 6.07) is 71.6. The van der Waals surface area contributed by atoms with Gasteiger partial charge in [0.1, 0.15) is 0 Å². The first-order valence-corrected chi connectivity index (χ1v) is 18.7. The van der Waals surface area contributed by atoms with E-state index >= 15 is 0 Å². The molecule has 0 saturated carbocycles. The normalized spacial score (nSPS) is 12.1. The predicted octanol–water partition coefficient (Wildman–Crippen LogP) is 14.2. The SMILES string of the molecule is c1ccc(-n2c3ccccc3c3ccc(-c4ccc5c(c4)c4ccccc4n5-c4cc5ccc6ccccc6c5c5c4ccc4ccccc45)cc32)cc1. The Morgan fingerprint density at radius 3 is 1.56 bits per heavy atom. The van der Waals surface area contributed by atoms with E-state index in [1.807, 2.05) is 0 Å². The molecule has 0 unspecified atom stereocenters. The largest absolute Gasteiger partial charge is 0.309 e. The second-order valence-electron chi connectivity index (χ2n) is 14.5. The number of benzene rings is 10. The molecule has 0 amide bonds. The number of fused-ring (bicyclic) bond motifs is 13. The molecule has 0 atom stereocenters. The molecular formula is C52H32N2. The molecule has 2 heteroatoms. The van der Waals surface area contributed by atoms with E-state index in [4.69, 9.17) is 0 Å². The van der Waals surface area contributed by atoms with E-state index in [-0.39, 0.29) is 0 Å². The Bertz CT molecular complexity index is 3490. The lowest BCUT2D eigenvalue weighted by Crippen LogP contribution is -1.97. The van der Waals surface area contributed by atoms with Gasteiger partial charge in [0.2, 0.25) is 0 Å². The van der Waals surface area contributed by atoms with Gasteiger partial charge in [-0.3, -0.25) is 0 Å². The van der Waals surface area contributed by atoms with Crippen LogP contribution in [-0.2, 0) is 0 Å². The molecule has 2 nitrogen and oxygen atoms in total. The zero-order valence-corrected chi connectivity index (χ0v) is 29.4. The zero-order chi connectivity index (χ0) is 35.3. The maximum Gasteiger partial charge on any atom is 0.0547 e. The first-order valence-electron chi connectivity index (χ1n) is 18.7. The maximum absolute atomic E-state index is 2.50. The molecule has 10 aromatic carbocycles. The van der Waals surface area contributed by atoms with Crippen LogP contribution in [0.25, 0.3) is 109 Å². The van der Waals surface area contributed by atoms with E-state index < -0.39 is 0 Å². The van der Waals surface area contributed by atoms with Crippen LogP contribution in [-0.4, -0.2) is 9.13 Å². The lowest BCUT2D eigenvalue weighted by Gasteiger charge is -2.17. The third-order valence-corrected chi connectivity index (χ3v) is 11.6. The van der Waals surface area contributed by atoms with Gasteiger partial charge in [-0.2, -0.15) is 0 Å². The average Bonchev–Trinajstić information content (AvgIpc) is 3.75. The summed E-state index contributed by atoms with van der Waals surface area (Å²) in [5.74, 6) is 0. The number of hydrogen-bond donors (Lipinski definition) is 0. The second kappa shape index (κ2) is 11.2. The molecule has 2 heterocycles. The minimum absolute atomic E-state index is 1.17. The summed E-state index contributed by atoms with van der Waals surface area (Å²) in [7, 11) is 0. The van der Waals surface area contributed by atoms with Crippen molar-refractivity contribution >= 4 is 86.7 Å². The minimum Gasteiger partial charge on any atom is -0.309 e. The quantitative estimate of drug-likeness (QED) is 0.164. The van der Waals surface area contributed by atoms with Crippen LogP contribution in [0, 0.1) is 0 Å². The molecule has 2 aromatic heterocycles. The summed E-state index contributed by atoms with van der Waals surface area (Å²) in [4.78, 5) is 0. The monoisotopic (exact) mass is 684 g/mol. The van der Waals surface area contributed by atoms with Crippen LogP contribution in [0.1, 0.15) is 0 Å². The van der Waals surface area contributed by atoms with E-state index in [0.29, 0.717) is 0 Å². The molecule has 0 radical (unpaired) electrons. The van der Waals surface area contributed by atoms with Crippen molar-refractivity contribution in [2.75, 3.05) is 0 Å². The fourth-order valence-corrected chi connectivity index (χ4v) is 9.27. The van der Waals surface area contributed by atoms with E-state index in [9.17, 15) is 0 Å². The molecule has 0 spiro atoms. The van der Waals surface area contributed by atoms with Gasteiger partial charge in [0, 0.05) is 38.0 Å². The average molecular weight is 685 g/mol. The van der Waals surface area contributed by atoms with E-state index in [0.717, 1.165) is 0 Å². The van der Waals surface area contributed by atoms with Gasteiger partial charge < -0.3 is 9.13 Å². The van der Waals surface area contributed by atoms with Crippen molar-refractivity contribution in [3.8, 4) is 22.5 Å². The Labute approximate surface area is 311 Å². The van der Waals surface area contributed by atoms with Crippen molar-refractivity contribution in [1.29, 1.82) is 0 Å². The van der Waals surface area contributed by atoms with Crippen LogP contribution in [0.15, 0.2) is 194 Å². The molecule has 0 aliphatic rings. The van der Waals surface area contributed by atoms with Crippen LogP contribution in [0.2, 0.25) is 0 Å². The molecule has 0 N–H and O–H groups in total. The van der Waals surface area contributed by atoms with Gasteiger partial charge in [-0.05, 0) is 92.0 Å². The highest BCUT2D eigenvalue weighted by Gasteiger charge is 2.19. The number of para-hydroxylation sites is 3. The summed E-state index contributed by atoms with van der Waals surface area (Å²) in [6.45, 7) is 0. The van der Waals surface area contributed by atoms with Gasteiger partial charge in [-0.1, -0.05) is 146 Å². The summed E-state index contributed by atoms with van der Waals surface area (Å²) in [6.07, 6.45) is 0. The van der Waals surface area contributed by atoms with Crippen molar-refractivity contribution in [3.05, 3.63) is 194 Å². The minimum atomic E-state index is 1.17. The maximum atomic E-state index is 2.50. The van der Waals surface area contributed by atoms with Gasteiger partial charge in [-0.15, -0.1) is 0 Å². The smallest absolute Gasteiger partial charge is 0.0547 e. The highest BCUT2D eigenvalue weighted by Crippen LogP contribution is 2.43. The molecule has 54 heavy (non-hydrogen) atoms. The predicted molar refractivity (Wildman–Crippen MR) is 231 cm³/mol. The van der Waals surface area contributed by atoms with E-state index in [1.165, 1.54) is 109 Å². The van der Waals surface area contributed by atoms with Crippen LogP contribution >= 0.6 is 0 Å². The number of hydrogen-bond acceptors (Lipinski definition) is 0. The molecule has 250 valence electrons. The number of nitrogens with zero attached hydrogens (tertiary/aromatic N) is 2. The van der Waals surface area contributed by atoms with E-state index in [2.05, 4.69) is 203 Å². The molecule has 12 aromatic rings. The van der Waals surface area contributed by atoms with Crippen LogP contribution in [0.4, 0.5) is 0 Å². The first kappa shape index (κ1) is 29.4. The van der Waals surface area contributed by atoms with Crippen molar-refractivity contribution in [2.24, 2.45) is 0 Å². The summed E-state index contributed by atoms with van der Waals surface area (Å²) >= 11 is 0. The summed E-state index contributed by atoms with van der Waals surface area (Å²) in [5.41, 5.74) is 9.62. The molecule has 0 aliphatic carbocycles. The van der Waals surface area contributed by atoms with Crippen LogP contribution < -0.4 is 0 Å². The van der Waals surface area contributed by atoms with Crippen molar-refractivity contribution in [1.82, 2.24) is 9.13 Å². The summed E-state index contributed by atoms with van der Waals surface area (Å²) < 4.78 is 4.90. The summed E-state index contributed by atoms with van der Waals surface area (Å²) in [5, 5.41) is 15.2. The highest BCUT2D eigenvalue weighted by molar-refractivity contribution is 6.29. The lowest BCUT2D eigenvalue weighted by molar-refractivity contribution is 1.18. The Morgan fingerprint density at radius 1 is 0.259 bits per heavy atom. The van der Waals surface area contributed by atoms with Crippen LogP contribution in [0.5, 0.6) is 0 Å². The van der Waals surface area contributed by atoms with Gasteiger partial charge in [0.25, 0.3) is 0 Å². The lowest BCUT2D eigenvalue weighted by atomic mass is 9.92. The fourth-order valence-electron chi connectivity index (χ4n) is 9.27. The molecule has 0 bridgehead atoms. The molecular weight excluding hydrogens is 653 g/mol. The third-order valence-electron chi connectivity index (χ3n) is 11.6. The first-order chi connectivity index (χ1) is 26.8. The Kier molecular flexibility index (Phi) is 6.09. The molecule has 0 fully saturated rings. The molecule has 0 saturated heterocycles. The highest BCUT2D eigenvalue weighted by atomic mass is 15.0. The van der Waals surface area contributed by atoms with Crippen molar-refractivity contribution < 1.29 is 0 Å².